The first kappa shape index (κ1) is 21.2. The predicted octanol–water partition coefficient (Wildman–Crippen LogP) is 3.04. The van der Waals surface area contributed by atoms with Gasteiger partial charge in [-0.2, -0.15) is 0 Å². The van der Waals surface area contributed by atoms with E-state index in [0.717, 1.165) is 51.3 Å². The lowest BCUT2D eigenvalue weighted by Gasteiger charge is -2.55. The van der Waals surface area contributed by atoms with Crippen LogP contribution in [0.4, 0.5) is 5.69 Å². The van der Waals surface area contributed by atoms with Crippen molar-refractivity contribution in [1.29, 1.82) is 0 Å². The number of benzene rings is 1. The van der Waals surface area contributed by atoms with E-state index >= 15 is 0 Å². The number of nitrogens with zero attached hydrogens (tertiary/aromatic N) is 3. The summed E-state index contributed by atoms with van der Waals surface area (Å²) in [6, 6.07) is 8.28. The number of unbranched alkanes of at least 4 members (excludes halogenated alkanes) is 1. The number of hydrogen-bond acceptors (Lipinski definition) is 5. The number of amides is 2. The Labute approximate surface area is 196 Å². The highest BCUT2D eigenvalue weighted by atomic mass is 16.5. The molecule has 2 saturated heterocycles. The van der Waals surface area contributed by atoms with Crippen LogP contribution < -0.4 is 9.64 Å². The Bertz CT molecular complexity index is 916. The lowest BCUT2D eigenvalue weighted by atomic mass is 9.47. The summed E-state index contributed by atoms with van der Waals surface area (Å²) in [5.41, 5.74) is 1.22. The van der Waals surface area contributed by atoms with Crippen LogP contribution in [0, 0.1) is 35.5 Å². The maximum atomic E-state index is 13.2. The van der Waals surface area contributed by atoms with E-state index in [1.807, 2.05) is 12.1 Å². The highest BCUT2D eigenvalue weighted by Gasteiger charge is 2.63. The summed E-state index contributed by atoms with van der Waals surface area (Å²) in [5.74, 6) is 3.00. The third-order valence-corrected chi connectivity index (χ3v) is 9.14. The van der Waals surface area contributed by atoms with Crippen LogP contribution in [0.25, 0.3) is 0 Å². The fraction of sp³-hybridized carbons (Fsp3) is 0.630. The predicted molar refractivity (Wildman–Crippen MR) is 127 cm³/mol. The van der Waals surface area contributed by atoms with E-state index in [2.05, 4.69) is 34.1 Å². The summed E-state index contributed by atoms with van der Waals surface area (Å²) < 4.78 is 5.36. The monoisotopic (exact) mass is 449 g/mol. The fourth-order valence-electron chi connectivity index (χ4n) is 7.27. The number of piperazine rings is 1. The van der Waals surface area contributed by atoms with Gasteiger partial charge in [-0.1, -0.05) is 18.2 Å². The van der Waals surface area contributed by atoms with Gasteiger partial charge < -0.3 is 9.64 Å². The van der Waals surface area contributed by atoms with E-state index in [-0.39, 0.29) is 23.7 Å². The first-order valence-corrected chi connectivity index (χ1v) is 12.8. The van der Waals surface area contributed by atoms with Gasteiger partial charge in [0, 0.05) is 44.5 Å². The smallest absolute Gasteiger partial charge is 0.233 e. The van der Waals surface area contributed by atoms with Gasteiger partial charge in [-0.3, -0.25) is 19.4 Å². The lowest BCUT2D eigenvalue weighted by Crippen LogP contribution is -2.53. The van der Waals surface area contributed by atoms with E-state index in [9.17, 15) is 9.59 Å². The maximum Gasteiger partial charge on any atom is 0.233 e. The van der Waals surface area contributed by atoms with E-state index < -0.39 is 0 Å². The van der Waals surface area contributed by atoms with Crippen molar-refractivity contribution in [2.24, 2.45) is 35.5 Å². The molecule has 33 heavy (non-hydrogen) atoms. The molecular formula is C27H35N3O3. The highest BCUT2D eigenvalue weighted by molar-refractivity contribution is 6.06. The van der Waals surface area contributed by atoms with Gasteiger partial charge in [-0.05, 0) is 68.0 Å². The molecule has 6 heteroatoms. The quantitative estimate of drug-likeness (QED) is 0.364. The number of methoxy groups -OCH3 is 1. The van der Waals surface area contributed by atoms with E-state index in [4.69, 9.17) is 4.74 Å². The van der Waals surface area contributed by atoms with Crippen molar-refractivity contribution in [3.8, 4) is 5.75 Å². The summed E-state index contributed by atoms with van der Waals surface area (Å²) in [6.45, 7) is 5.74. The summed E-state index contributed by atoms with van der Waals surface area (Å²) in [4.78, 5) is 32.9. The van der Waals surface area contributed by atoms with Gasteiger partial charge in [-0.25, -0.2) is 0 Å². The van der Waals surface area contributed by atoms with Crippen molar-refractivity contribution >= 4 is 17.5 Å². The van der Waals surface area contributed by atoms with Gasteiger partial charge in [0.05, 0.1) is 18.9 Å². The largest absolute Gasteiger partial charge is 0.497 e. The Morgan fingerprint density at radius 1 is 0.879 bits per heavy atom. The molecule has 6 unspecified atom stereocenters. The van der Waals surface area contributed by atoms with Gasteiger partial charge in [0.15, 0.2) is 0 Å². The van der Waals surface area contributed by atoms with Crippen molar-refractivity contribution in [2.45, 2.75) is 25.7 Å². The number of allylic oxidation sites excluding steroid dienone is 2. The van der Waals surface area contributed by atoms with E-state index in [0.29, 0.717) is 30.2 Å². The second-order valence-corrected chi connectivity index (χ2v) is 10.6. The summed E-state index contributed by atoms with van der Waals surface area (Å²) >= 11 is 0. The Hall–Kier alpha value is -2.34. The molecule has 2 saturated carbocycles. The Morgan fingerprint density at radius 3 is 2.12 bits per heavy atom. The Kier molecular flexibility index (Phi) is 5.44. The van der Waals surface area contributed by atoms with Crippen molar-refractivity contribution in [3.63, 3.8) is 0 Å². The molecule has 0 radical (unpaired) electrons. The minimum Gasteiger partial charge on any atom is -0.497 e. The number of likely N-dealkylation sites (tertiary alicyclic amines) is 1. The molecule has 2 amide bonds. The standard InChI is InChI=1S/C27H35N3O3/c1-33-19-6-4-5-18(17-19)29-15-13-28(14-16-29)11-2-3-12-30-26(31)24-22-9-10-23(25(24)27(30)32)21-8-7-20(21)22/h4-6,9-10,17,20-25H,2-3,7-8,11-16H2,1H3. The van der Waals surface area contributed by atoms with Crippen LogP contribution in [0.5, 0.6) is 5.75 Å². The molecule has 0 spiro atoms. The van der Waals surface area contributed by atoms with Gasteiger partial charge in [0.1, 0.15) is 5.75 Å². The van der Waals surface area contributed by atoms with Crippen molar-refractivity contribution < 1.29 is 14.3 Å². The van der Waals surface area contributed by atoms with Crippen LogP contribution in [0.15, 0.2) is 36.4 Å². The van der Waals surface area contributed by atoms with Crippen LogP contribution in [-0.2, 0) is 9.59 Å². The average molecular weight is 450 g/mol. The normalized spacial score (nSPS) is 34.9. The van der Waals surface area contributed by atoms with Crippen LogP contribution >= 0.6 is 0 Å². The zero-order valence-corrected chi connectivity index (χ0v) is 19.6. The molecule has 176 valence electrons. The molecule has 7 rings (SSSR count). The summed E-state index contributed by atoms with van der Waals surface area (Å²) in [5, 5.41) is 0. The minimum atomic E-state index is -0.0567. The third-order valence-electron chi connectivity index (χ3n) is 9.14. The number of carbonyl (C=O) groups excluding carboxylic acids is 2. The Morgan fingerprint density at radius 2 is 1.52 bits per heavy atom. The lowest BCUT2D eigenvalue weighted by molar-refractivity contribution is -0.140. The zero-order valence-electron chi connectivity index (χ0n) is 19.6. The molecule has 0 aromatic heterocycles. The average Bonchev–Trinajstić information content (AvgIpc) is 3.08. The van der Waals surface area contributed by atoms with Crippen LogP contribution in [0.3, 0.4) is 0 Å². The van der Waals surface area contributed by atoms with Crippen LogP contribution in [0.2, 0.25) is 0 Å². The zero-order chi connectivity index (χ0) is 22.5. The second kappa shape index (κ2) is 8.46. The summed E-state index contributed by atoms with van der Waals surface area (Å²) in [6.07, 6.45) is 8.96. The molecule has 2 heterocycles. The molecular weight excluding hydrogens is 414 g/mol. The molecule has 2 bridgehead atoms. The fourth-order valence-corrected chi connectivity index (χ4v) is 7.27. The SMILES string of the molecule is COc1cccc(N2CCN(CCCCN3C(=O)C4C5C=CC(C6CCC56)C4C3=O)CC2)c1. The second-order valence-electron chi connectivity index (χ2n) is 10.6. The van der Waals surface area contributed by atoms with Gasteiger partial charge in [-0.15, -0.1) is 0 Å². The van der Waals surface area contributed by atoms with Crippen LogP contribution in [-0.4, -0.2) is 68.0 Å². The molecule has 6 nitrogen and oxygen atoms in total. The van der Waals surface area contributed by atoms with Gasteiger partial charge >= 0.3 is 0 Å². The first-order chi connectivity index (χ1) is 16.2. The minimum absolute atomic E-state index is 0.0567. The maximum absolute atomic E-state index is 13.2. The van der Waals surface area contributed by atoms with Gasteiger partial charge in [0.25, 0.3) is 0 Å². The molecule has 4 aliphatic carbocycles. The Balaban J connectivity index is 0.972. The summed E-state index contributed by atoms with van der Waals surface area (Å²) in [7, 11) is 1.71. The topological polar surface area (TPSA) is 53.1 Å². The molecule has 1 aromatic carbocycles. The molecule has 2 aliphatic heterocycles. The van der Waals surface area contributed by atoms with E-state index in [1.165, 1.54) is 18.5 Å². The van der Waals surface area contributed by atoms with Crippen molar-refractivity contribution in [1.82, 2.24) is 9.80 Å². The first-order valence-electron chi connectivity index (χ1n) is 12.8. The number of carbonyl (C=O) groups is 2. The molecule has 6 atom stereocenters. The highest BCUT2D eigenvalue weighted by Crippen LogP contribution is 2.61. The molecule has 0 N–H and O–H groups in total. The van der Waals surface area contributed by atoms with Crippen LogP contribution in [0.1, 0.15) is 25.7 Å². The van der Waals surface area contributed by atoms with Crippen molar-refractivity contribution in [2.75, 3.05) is 51.3 Å². The number of ether oxygens (including phenoxy) is 1. The van der Waals surface area contributed by atoms with Crippen molar-refractivity contribution in [3.05, 3.63) is 36.4 Å². The number of hydrogen-bond donors (Lipinski definition) is 0. The molecule has 4 fully saturated rings. The number of imide groups is 1. The van der Waals surface area contributed by atoms with Gasteiger partial charge in [0.2, 0.25) is 11.8 Å². The molecule has 6 aliphatic rings. The number of rotatable bonds is 7. The molecule has 1 aromatic rings. The number of anilines is 1. The van der Waals surface area contributed by atoms with E-state index in [1.54, 1.807) is 12.0 Å². The third kappa shape index (κ3) is 3.49.